The second-order valence-corrected chi connectivity index (χ2v) is 8.79. The van der Waals surface area contributed by atoms with Gasteiger partial charge >= 0.3 is 5.69 Å². The Kier molecular flexibility index (Phi) is 7.34. The Bertz CT molecular complexity index is 1430. The van der Waals surface area contributed by atoms with Gasteiger partial charge in [0.05, 0.1) is 15.9 Å². The number of amides is 1. The SMILES string of the molecule is O=C(Nc1nn(Cc2ccc(Cl)cc2Cl)cc1Br)c1ccn(COc2cc(F)ccc2[N+](=O)[O-])n1. The summed E-state index contributed by atoms with van der Waals surface area (Å²) in [6.45, 7) is 0.0698. The number of rotatable bonds is 8. The highest BCUT2D eigenvalue weighted by Crippen LogP contribution is 2.28. The molecule has 10 nitrogen and oxygen atoms in total. The molecule has 14 heteroatoms. The summed E-state index contributed by atoms with van der Waals surface area (Å²) in [5.41, 5.74) is 0.447. The normalized spacial score (nSPS) is 10.9. The van der Waals surface area contributed by atoms with Gasteiger partial charge in [-0.25, -0.2) is 9.07 Å². The molecule has 4 rings (SSSR count). The van der Waals surface area contributed by atoms with Crippen molar-refractivity contribution in [2.24, 2.45) is 0 Å². The van der Waals surface area contributed by atoms with E-state index in [1.165, 1.54) is 16.9 Å². The lowest BCUT2D eigenvalue weighted by atomic mass is 10.2. The van der Waals surface area contributed by atoms with E-state index < -0.39 is 22.3 Å². The Hall–Kier alpha value is -3.48. The first-order valence-electron chi connectivity index (χ1n) is 9.78. The van der Waals surface area contributed by atoms with Crippen molar-refractivity contribution in [1.82, 2.24) is 19.6 Å². The molecular weight excluding hydrogens is 570 g/mol. The first kappa shape index (κ1) is 24.6. The molecule has 0 radical (unpaired) electrons. The van der Waals surface area contributed by atoms with Crippen LogP contribution in [0.3, 0.4) is 0 Å². The molecule has 1 amide bonds. The number of aromatic nitrogens is 4. The fourth-order valence-electron chi connectivity index (χ4n) is 3.00. The predicted molar refractivity (Wildman–Crippen MR) is 129 cm³/mol. The second kappa shape index (κ2) is 10.4. The van der Waals surface area contributed by atoms with Gasteiger partial charge in [0, 0.05) is 34.6 Å². The first-order valence-corrected chi connectivity index (χ1v) is 11.3. The molecule has 0 saturated carbocycles. The maximum atomic E-state index is 13.4. The molecule has 0 aliphatic rings. The average Bonchev–Trinajstić information content (AvgIpc) is 3.41. The zero-order chi connectivity index (χ0) is 25.1. The number of halogens is 4. The summed E-state index contributed by atoms with van der Waals surface area (Å²) in [4.78, 5) is 23.0. The third-order valence-electron chi connectivity index (χ3n) is 4.64. The highest BCUT2D eigenvalue weighted by atomic mass is 79.9. The third kappa shape index (κ3) is 5.96. The molecule has 35 heavy (non-hydrogen) atoms. The number of hydrogen-bond acceptors (Lipinski definition) is 6. The molecule has 0 unspecified atom stereocenters. The van der Waals surface area contributed by atoms with Gasteiger partial charge in [-0.15, -0.1) is 0 Å². The summed E-state index contributed by atoms with van der Waals surface area (Å²) >= 11 is 15.5. The number of nitrogens with zero attached hydrogens (tertiary/aromatic N) is 5. The van der Waals surface area contributed by atoms with Crippen LogP contribution in [0.1, 0.15) is 16.1 Å². The molecule has 0 fully saturated rings. The molecule has 0 aliphatic heterocycles. The lowest BCUT2D eigenvalue weighted by molar-refractivity contribution is -0.386. The monoisotopic (exact) mass is 582 g/mol. The Morgan fingerprint density at radius 3 is 2.71 bits per heavy atom. The van der Waals surface area contributed by atoms with Gasteiger partial charge < -0.3 is 10.1 Å². The van der Waals surface area contributed by atoms with Crippen molar-refractivity contribution < 1.29 is 18.8 Å². The minimum absolute atomic E-state index is 0.0459. The highest BCUT2D eigenvalue weighted by molar-refractivity contribution is 9.10. The first-order chi connectivity index (χ1) is 16.7. The number of carbonyl (C=O) groups excluding carboxylic acids is 1. The van der Waals surface area contributed by atoms with Gasteiger partial charge in [0.25, 0.3) is 5.91 Å². The Morgan fingerprint density at radius 1 is 1.17 bits per heavy atom. The van der Waals surface area contributed by atoms with E-state index in [4.69, 9.17) is 27.9 Å². The summed E-state index contributed by atoms with van der Waals surface area (Å²) in [5.74, 6) is -1.22. The molecule has 180 valence electrons. The minimum Gasteiger partial charge on any atom is -0.464 e. The molecule has 2 aromatic carbocycles. The van der Waals surface area contributed by atoms with Crippen LogP contribution in [0.25, 0.3) is 0 Å². The zero-order valence-corrected chi connectivity index (χ0v) is 20.6. The molecule has 0 atom stereocenters. The average molecular weight is 584 g/mol. The van der Waals surface area contributed by atoms with E-state index in [0.29, 0.717) is 21.1 Å². The summed E-state index contributed by atoms with van der Waals surface area (Å²) in [7, 11) is 0. The fraction of sp³-hybridized carbons (Fsp3) is 0.0952. The van der Waals surface area contributed by atoms with Gasteiger partial charge in [0.1, 0.15) is 5.82 Å². The van der Waals surface area contributed by atoms with Crippen molar-refractivity contribution in [3.8, 4) is 5.75 Å². The lowest BCUT2D eigenvalue weighted by Crippen LogP contribution is -2.15. The van der Waals surface area contributed by atoms with Gasteiger partial charge in [0.15, 0.2) is 18.2 Å². The number of nitro groups is 1. The maximum Gasteiger partial charge on any atom is 0.311 e. The van der Waals surface area contributed by atoms with Gasteiger partial charge in [-0.2, -0.15) is 10.2 Å². The van der Waals surface area contributed by atoms with Crippen LogP contribution in [0.5, 0.6) is 5.75 Å². The Labute approximate surface area is 215 Å². The smallest absolute Gasteiger partial charge is 0.311 e. The number of nitro benzene ring substituents is 1. The van der Waals surface area contributed by atoms with Crippen molar-refractivity contribution >= 4 is 56.5 Å². The standard InChI is InChI=1S/C21H14BrCl2FN6O4/c22-15-10-30(9-12-1-2-13(23)7-16(12)24)28-20(15)26-21(32)17-5-6-29(27-17)11-35-19-8-14(25)3-4-18(19)31(33)34/h1-8,10H,9,11H2,(H,26,28,32). The van der Waals surface area contributed by atoms with Crippen molar-refractivity contribution in [3.63, 3.8) is 0 Å². The van der Waals surface area contributed by atoms with E-state index in [2.05, 4.69) is 31.4 Å². The van der Waals surface area contributed by atoms with Crippen molar-refractivity contribution in [2.45, 2.75) is 13.3 Å². The van der Waals surface area contributed by atoms with E-state index in [1.54, 1.807) is 29.1 Å². The van der Waals surface area contributed by atoms with Crippen LogP contribution in [0.4, 0.5) is 15.9 Å². The molecule has 0 saturated heterocycles. The molecule has 2 aromatic heterocycles. The van der Waals surface area contributed by atoms with E-state index in [1.807, 2.05) is 0 Å². The van der Waals surface area contributed by atoms with Gasteiger partial charge in [-0.1, -0.05) is 29.3 Å². The number of ether oxygens (including phenoxy) is 1. The van der Waals surface area contributed by atoms with Crippen LogP contribution < -0.4 is 10.1 Å². The van der Waals surface area contributed by atoms with Crippen LogP contribution >= 0.6 is 39.1 Å². The van der Waals surface area contributed by atoms with Crippen LogP contribution in [0.2, 0.25) is 10.0 Å². The number of hydrogen-bond donors (Lipinski definition) is 1. The Morgan fingerprint density at radius 2 is 1.97 bits per heavy atom. The second-order valence-electron chi connectivity index (χ2n) is 7.10. The Balaban J connectivity index is 1.41. The molecule has 2 heterocycles. The van der Waals surface area contributed by atoms with E-state index in [9.17, 15) is 19.3 Å². The molecule has 1 N–H and O–H groups in total. The number of nitrogens with one attached hydrogen (secondary N) is 1. The highest BCUT2D eigenvalue weighted by Gasteiger charge is 2.18. The van der Waals surface area contributed by atoms with Gasteiger partial charge in [-0.05, 0) is 45.8 Å². The van der Waals surface area contributed by atoms with Crippen LogP contribution in [-0.2, 0) is 13.3 Å². The summed E-state index contributed by atoms with van der Waals surface area (Å²) in [6.07, 6.45) is 3.12. The van der Waals surface area contributed by atoms with Crippen LogP contribution in [-0.4, -0.2) is 30.4 Å². The molecule has 0 spiro atoms. The molecule has 0 bridgehead atoms. The summed E-state index contributed by atoms with van der Waals surface area (Å²) in [5, 5.41) is 23.2. The predicted octanol–water partition coefficient (Wildman–Crippen LogP) is 5.53. The number of anilines is 1. The van der Waals surface area contributed by atoms with Crippen LogP contribution in [0.15, 0.2) is 59.3 Å². The lowest BCUT2D eigenvalue weighted by Gasteiger charge is -2.07. The van der Waals surface area contributed by atoms with E-state index in [-0.39, 0.29) is 24.0 Å². The maximum absolute atomic E-state index is 13.4. The fourth-order valence-corrected chi connectivity index (χ4v) is 3.89. The topological polar surface area (TPSA) is 117 Å². The number of benzene rings is 2. The van der Waals surface area contributed by atoms with E-state index >= 15 is 0 Å². The molecule has 4 aromatic rings. The molecule has 0 aliphatic carbocycles. The van der Waals surface area contributed by atoms with Gasteiger partial charge in [0.2, 0.25) is 5.75 Å². The summed E-state index contributed by atoms with van der Waals surface area (Å²) < 4.78 is 22.1. The quantitative estimate of drug-likeness (QED) is 0.215. The third-order valence-corrected chi connectivity index (χ3v) is 5.81. The van der Waals surface area contributed by atoms with E-state index in [0.717, 1.165) is 23.8 Å². The van der Waals surface area contributed by atoms with Crippen molar-refractivity contribution in [1.29, 1.82) is 0 Å². The van der Waals surface area contributed by atoms with Crippen molar-refractivity contribution in [3.05, 3.63) is 96.6 Å². The van der Waals surface area contributed by atoms with Crippen molar-refractivity contribution in [2.75, 3.05) is 5.32 Å². The number of carbonyl (C=O) groups is 1. The largest absolute Gasteiger partial charge is 0.464 e. The zero-order valence-electron chi connectivity index (χ0n) is 17.5. The van der Waals surface area contributed by atoms with Gasteiger partial charge in [-0.3, -0.25) is 19.6 Å². The molecular formula is C21H14BrCl2FN6O4. The summed E-state index contributed by atoms with van der Waals surface area (Å²) in [6, 6.07) is 9.43. The minimum atomic E-state index is -0.686. The van der Waals surface area contributed by atoms with Crippen LogP contribution in [0, 0.1) is 15.9 Å².